The predicted molar refractivity (Wildman–Crippen MR) is 98.7 cm³/mol. The van der Waals surface area contributed by atoms with Gasteiger partial charge in [0.1, 0.15) is 5.82 Å². The van der Waals surface area contributed by atoms with E-state index >= 15 is 0 Å². The minimum atomic E-state index is 0. The van der Waals surface area contributed by atoms with E-state index < -0.39 is 0 Å². The maximum absolute atomic E-state index is 12.0. The fourth-order valence-corrected chi connectivity index (χ4v) is 3.45. The molecule has 0 bridgehead atoms. The molecule has 0 saturated carbocycles. The molecule has 2 aliphatic heterocycles. The Morgan fingerprint density at radius 3 is 2.75 bits per heavy atom. The third kappa shape index (κ3) is 5.90. The van der Waals surface area contributed by atoms with E-state index in [4.69, 9.17) is 0 Å². The van der Waals surface area contributed by atoms with Crippen LogP contribution in [0, 0.1) is 5.92 Å². The minimum absolute atomic E-state index is 0. The van der Waals surface area contributed by atoms with Crippen molar-refractivity contribution in [1.29, 1.82) is 0 Å². The highest BCUT2D eigenvalue weighted by molar-refractivity contribution is 5.85. The van der Waals surface area contributed by atoms with Crippen LogP contribution < -0.4 is 10.6 Å². The summed E-state index contributed by atoms with van der Waals surface area (Å²) in [6, 6.07) is 0. The van der Waals surface area contributed by atoms with Crippen LogP contribution >= 0.6 is 24.8 Å². The monoisotopic (exact) mass is 377 g/mol. The molecule has 1 saturated heterocycles. The lowest BCUT2D eigenvalue weighted by Gasteiger charge is -2.22. The molecule has 2 aliphatic rings. The summed E-state index contributed by atoms with van der Waals surface area (Å²) >= 11 is 0. The van der Waals surface area contributed by atoms with E-state index in [1.54, 1.807) is 0 Å². The number of carbonyl (C=O) groups is 1. The molecule has 0 aromatic carbocycles. The number of aromatic nitrogens is 3. The average Bonchev–Trinajstić information content (AvgIpc) is 2.78. The van der Waals surface area contributed by atoms with Crippen molar-refractivity contribution in [3.05, 3.63) is 11.6 Å². The van der Waals surface area contributed by atoms with Crippen LogP contribution in [-0.4, -0.2) is 33.8 Å². The maximum Gasteiger partial charge on any atom is 0.220 e. The first kappa shape index (κ1) is 21.2. The summed E-state index contributed by atoms with van der Waals surface area (Å²) < 4.78 is 2.19. The number of rotatable bonds is 5. The van der Waals surface area contributed by atoms with Gasteiger partial charge in [-0.05, 0) is 51.1 Å². The molecule has 1 aromatic heterocycles. The van der Waals surface area contributed by atoms with E-state index in [2.05, 4.69) is 25.4 Å². The molecule has 138 valence electrons. The number of aryl methyl sites for hydroxylation is 1. The Bertz CT molecular complexity index is 503. The van der Waals surface area contributed by atoms with Crippen LogP contribution in [0.15, 0.2) is 0 Å². The van der Waals surface area contributed by atoms with Crippen LogP contribution in [0.3, 0.4) is 0 Å². The third-order valence-electron chi connectivity index (χ3n) is 4.87. The number of nitrogens with zero attached hydrogens (tertiary/aromatic N) is 3. The average molecular weight is 378 g/mol. The number of amides is 1. The van der Waals surface area contributed by atoms with Gasteiger partial charge in [-0.25, -0.2) is 0 Å². The summed E-state index contributed by atoms with van der Waals surface area (Å²) in [6.07, 6.45) is 8.68. The van der Waals surface area contributed by atoms with Crippen molar-refractivity contribution in [2.75, 3.05) is 13.1 Å². The second-order valence-corrected chi connectivity index (χ2v) is 6.50. The first-order valence-corrected chi connectivity index (χ1v) is 8.71. The Morgan fingerprint density at radius 2 is 1.96 bits per heavy atom. The Labute approximate surface area is 156 Å². The molecule has 6 nitrogen and oxygen atoms in total. The molecule has 2 N–H and O–H groups in total. The molecule has 0 unspecified atom stereocenters. The van der Waals surface area contributed by atoms with Crippen LogP contribution in [0.5, 0.6) is 0 Å². The lowest BCUT2D eigenvalue weighted by atomic mass is 9.93. The van der Waals surface area contributed by atoms with Gasteiger partial charge >= 0.3 is 0 Å². The van der Waals surface area contributed by atoms with E-state index in [0.717, 1.165) is 44.1 Å². The lowest BCUT2D eigenvalue weighted by molar-refractivity contribution is -0.121. The van der Waals surface area contributed by atoms with Gasteiger partial charge in [-0.1, -0.05) is 6.42 Å². The molecule has 0 spiro atoms. The number of carbonyl (C=O) groups excluding carboxylic acids is 1. The van der Waals surface area contributed by atoms with Gasteiger partial charge in [0.15, 0.2) is 5.82 Å². The van der Waals surface area contributed by atoms with E-state index in [9.17, 15) is 4.79 Å². The number of piperidine rings is 1. The largest absolute Gasteiger partial charge is 0.349 e. The second-order valence-electron chi connectivity index (χ2n) is 6.50. The summed E-state index contributed by atoms with van der Waals surface area (Å²) in [5, 5.41) is 14.9. The fourth-order valence-electron chi connectivity index (χ4n) is 3.45. The van der Waals surface area contributed by atoms with E-state index in [0.29, 0.717) is 18.9 Å². The number of nitrogens with one attached hydrogen (secondary N) is 2. The molecule has 24 heavy (non-hydrogen) atoms. The van der Waals surface area contributed by atoms with Gasteiger partial charge in [-0.15, -0.1) is 35.0 Å². The molecule has 8 heteroatoms. The molecule has 3 heterocycles. The Kier molecular flexibility index (Phi) is 9.63. The standard InChI is InChI=1S/C16H27N5O.2ClH/c22-16(6-5-13-7-9-17-10-8-13)18-12-15-20-19-14-4-2-1-3-11-21(14)15;;/h13,17H,1-12H2,(H,18,22);2*1H. The van der Waals surface area contributed by atoms with Gasteiger partial charge < -0.3 is 15.2 Å². The Morgan fingerprint density at radius 1 is 1.17 bits per heavy atom. The SMILES string of the molecule is Cl.Cl.O=C(CCC1CCNCC1)NCc1nnc2n1CCCCC2. The summed E-state index contributed by atoms with van der Waals surface area (Å²) in [5.41, 5.74) is 0. The summed E-state index contributed by atoms with van der Waals surface area (Å²) in [6.45, 7) is 3.69. The van der Waals surface area contributed by atoms with Gasteiger partial charge in [0.25, 0.3) is 0 Å². The van der Waals surface area contributed by atoms with Crippen molar-refractivity contribution in [2.24, 2.45) is 5.92 Å². The lowest BCUT2D eigenvalue weighted by Crippen LogP contribution is -2.29. The van der Waals surface area contributed by atoms with Gasteiger partial charge in [-0.3, -0.25) is 4.79 Å². The quantitative estimate of drug-likeness (QED) is 0.825. The summed E-state index contributed by atoms with van der Waals surface area (Å²) in [4.78, 5) is 12.0. The first-order valence-electron chi connectivity index (χ1n) is 8.71. The van der Waals surface area contributed by atoms with Crippen molar-refractivity contribution in [3.8, 4) is 0 Å². The molecule has 0 radical (unpaired) electrons. The van der Waals surface area contributed by atoms with Crippen molar-refractivity contribution in [2.45, 2.75) is 64.5 Å². The molecule has 3 rings (SSSR count). The number of halogens is 2. The highest BCUT2D eigenvalue weighted by Gasteiger charge is 2.17. The van der Waals surface area contributed by atoms with Crippen LogP contribution in [0.2, 0.25) is 0 Å². The van der Waals surface area contributed by atoms with Crippen LogP contribution in [0.4, 0.5) is 0 Å². The highest BCUT2D eigenvalue weighted by atomic mass is 35.5. The summed E-state index contributed by atoms with van der Waals surface area (Å²) in [7, 11) is 0. The zero-order valence-electron chi connectivity index (χ0n) is 14.1. The minimum Gasteiger partial charge on any atom is -0.349 e. The molecule has 1 aromatic rings. The van der Waals surface area contributed by atoms with Gasteiger partial charge in [0.05, 0.1) is 6.54 Å². The fraction of sp³-hybridized carbons (Fsp3) is 0.812. The number of fused-ring (bicyclic) bond motifs is 1. The molecule has 1 fully saturated rings. The van der Waals surface area contributed by atoms with Crippen LogP contribution in [0.1, 0.15) is 56.6 Å². The topological polar surface area (TPSA) is 71.8 Å². The second kappa shape index (κ2) is 10.9. The Balaban J connectivity index is 0.00000144. The van der Waals surface area contributed by atoms with Crippen molar-refractivity contribution in [1.82, 2.24) is 25.4 Å². The van der Waals surface area contributed by atoms with Crippen molar-refractivity contribution >= 4 is 30.7 Å². The van der Waals surface area contributed by atoms with Gasteiger partial charge in [-0.2, -0.15) is 0 Å². The maximum atomic E-state index is 12.0. The van der Waals surface area contributed by atoms with Crippen LogP contribution in [-0.2, 0) is 24.3 Å². The smallest absolute Gasteiger partial charge is 0.220 e. The predicted octanol–water partition coefficient (Wildman–Crippen LogP) is 2.24. The van der Waals surface area contributed by atoms with Crippen molar-refractivity contribution in [3.63, 3.8) is 0 Å². The molecule has 0 aliphatic carbocycles. The van der Waals surface area contributed by atoms with Crippen LogP contribution in [0.25, 0.3) is 0 Å². The zero-order valence-corrected chi connectivity index (χ0v) is 15.8. The molecular weight excluding hydrogens is 349 g/mol. The number of hydrogen-bond acceptors (Lipinski definition) is 4. The van der Waals surface area contributed by atoms with Crippen molar-refractivity contribution < 1.29 is 4.79 Å². The normalized spacial score (nSPS) is 17.8. The van der Waals surface area contributed by atoms with E-state index in [1.165, 1.54) is 32.1 Å². The zero-order chi connectivity index (χ0) is 15.2. The van der Waals surface area contributed by atoms with E-state index in [1.807, 2.05) is 0 Å². The number of hydrogen-bond donors (Lipinski definition) is 2. The highest BCUT2D eigenvalue weighted by Crippen LogP contribution is 2.18. The summed E-state index contributed by atoms with van der Waals surface area (Å²) in [5.74, 6) is 2.84. The third-order valence-corrected chi connectivity index (χ3v) is 4.87. The van der Waals surface area contributed by atoms with Gasteiger partial charge in [0, 0.05) is 19.4 Å². The molecule has 1 amide bonds. The van der Waals surface area contributed by atoms with Gasteiger partial charge in [0.2, 0.25) is 5.91 Å². The molecular formula is C16H29Cl2N5O. The first-order chi connectivity index (χ1) is 10.8. The molecule has 0 atom stereocenters. The Hall–Kier alpha value is -0.850. The van der Waals surface area contributed by atoms with E-state index in [-0.39, 0.29) is 30.7 Å².